The number of nitrogens with zero attached hydrogens (tertiary/aromatic N) is 4. The van der Waals surface area contributed by atoms with Crippen LogP contribution in [0.15, 0.2) is 95.3 Å². The molecule has 334 valence electrons. The average molecular weight is 911 g/mol. The number of aryl methyl sites for hydroxylation is 3. The number of aliphatic hydroxyl groups excluding tert-OH is 1. The number of β-amino-alcohol motifs (C(OH)–C–C–N with tert-alkyl or cyclic N) is 1. The third kappa shape index (κ3) is 10.9. The molecule has 2 saturated heterocycles. The van der Waals surface area contributed by atoms with E-state index in [1.165, 1.54) is 4.90 Å². The van der Waals surface area contributed by atoms with Gasteiger partial charge in [0.15, 0.2) is 5.69 Å². The number of aliphatic hydroxyl groups is 1. The maximum atomic E-state index is 14.3. The molecule has 3 atom stereocenters. The Morgan fingerprint density at radius 3 is 2.31 bits per heavy atom. The number of amides is 5. The number of thiazole rings is 1. The van der Waals surface area contributed by atoms with Gasteiger partial charge in [-0.15, -0.1) is 11.3 Å². The van der Waals surface area contributed by atoms with Crippen molar-refractivity contribution in [3.8, 4) is 21.9 Å². The van der Waals surface area contributed by atoms with Gasteiger partial charge in [-0.05, 0) is 107 Å². The van der Waals surface area contributed by atoms with Crippen LogP contribution in [0.1, 0.15) is 66.3 Å². The normalized spacial score (nSPS) is 17.3. The van der Waals surface area contributed by atoms with E-state index < -0.39 is 52.5 Å². The molecule has 1 aromatic heterocycles. The Labute approximate surface area is 386 Å². The van der Waals surface area contributed by atoms with Crippen molar-refractivity contribution >= 4 is 63.7 Å². The van der Waals surface area contributed by atoms with Crippen molar-refractivity contribution in [1.29, 1.82) is 0 Å². The molecule has 65 heavy (non-hydrogen) atoms. The fourth-order valence-corrected chi connectivity index (χ4v) is 9.47. The van der Waals surface area contributed by atoms with Crippen LogP contribution in [0.2, 0.25) is 0 Å². The number of thioether (sulfide) groups is 1. The zero-order chi connectivity index (χ0) is 46.6. The lowest BCUT2D eigenvalue weighted by atomic mass is 9.85. The zero-order valence-electron chi connectivity index (χ0n) is 37.0. The minimum Gasteiger partial charge on any atom is -0.457 e. The van der Waals surface area contributed by atoms with Crippen molar-refractivity contribution in [1.82, 2.24) is 25.4 Å². The van der Waals surface area contributed by atoms with E-state index in [0.717, 1.165) is 49.5 Å². The van der Waals surface area contributed by atoms with Crippen LogP contribution in [-0.4, -0.2) is 73.5 Å². The second kappa shape index (κ2) is 19.6. The predicted octanol–water partition coefficient (Wildman–Crippen LogP) is 8.67. The first-order chi connectivity index (χ1) is 31.0. The van der Waals surface area contributed by atoms with E-state index in [2.05, 4.69) is 20.5 Å². The maximum Gasteiger partial charge on any atom is 0.293 e. The van der Waals surface area contributed by atoms with Crippen LogP contribution in [0.4, 0.5) is 10.5 Å². The summed E-state index contributed by atoms with van der Waals surface area (Å²) in [6, 6.07) is 23.6. The molecule has 0 spiro atoms. The largest absolute Gasteiger partial charge is 0.457 e. The highest BCUT2D eigenvalue weighted by molar-refractivity contribution is 8.18. The number of imide groups is 1. The predicted molar refractivity (Wildman–Crippen MR) is 252 cm³/mol. The van der Waals surface area contributed by atoms with Crippen molar-refractivity contribution in [2.24, 2.45) is 5.41 Å². The van der Waals surface area contributed by atoms with Crippen LogP contribution >= 0.6 is 23.1 Å². The van der Waals surface area contributed by atoms with Gasteiger partial charge in [-0.2, -0.15) is 0 Å². The highest BCUT2D eigenvalue weighted by Crippen LogP contribution is 2.36. The van der Waals surface area contributed by atoms with E-state index in [1.807, 2.05) is 71.9 Å². The number of likely N-dealkylation sites (tertiary alicyclic amines) is 1. The lowest BCUT2D eigenvalue weighted by Gasteiger charge is -2.35. The van der Waals surface area contributed by atoms with Crippen molar-refractivity contribution in [2.75, 3.05) is 6.54 Å². The van der Waals surface area contributed by atoms with E-state index >= 15 is 0 Å². The highest BCUT2D eigenvalue weighted by Gasteiger charge is 2.44. The molecule has 2 fully saturated rings. The van der Waals surface area contributed by atoms with Gasteiger partial charge in [-0.25, -0.2) is 9.83 Å². The lowest BCUT2D eigenvalue weighted by Crippen LogP contribution is -2.58. The first-order valence-corrected chi connectivity index (χ1v) is 22.8. The Hall–Kier alpha value is -6.60. The summed E-state index contributed by atoms with van der Waals surface area (Å²) in [6.45, 7) is 18.5. The number of hydrogen-bond acceptors (Lipinski definition) is 10. The first-order valence-electron chi connectivity index (χ1n) is 21.1. The maximum absolute atomic E-state index is 14.3. The highest BCUT2D eigenvalue weighted by atomic mass is 32.2. The molecule has 4 aromatic carbocycles. The van der Waals surface area contributed by atoms with E-state index in [-0.39, 0.29) is 37.4 Å². The van der Waals surface area contributed by atoms with E-state index in [0.29, 0.717) is 33.9 Å². The monoisotopic (exact) mass is 910 g/mol. The fraction of sp³-hybridized carbons (Fsp3) is 0.300. The number of benzene rings is 4. The number of hydrogen-bond donors (Lipinski definition) is 3. The summed E-state index contributed by atoms with van der Waals surface area (Å²) >= 11 is 2.40. The van der Waals surface area contributed by atoms with E-state index in [9.17, 15) is 29.1 Å². The van der Waals surface area contributed by atoms with Gasteiger partial charge in [0.2, 0.25) is 17.7 Å². The first kappa shape index (κ1) is 46.4. The van der Waals surface area contributed by atoms with Crippen molar-refractivity contribution in [3.63, 3.8) is 0 Å². The minimum atomic E-state index is -1.04. The summed E-state index contributed by atoms with van der Waals surface area (Å²) < 4.78 is 6.12. The lowest BCUT2D eigenvalue weighted by molar-refractivity contribution is -0.144. The molecule has 13 nitrogen and oxygen atoms in total. The Morgan fingerprint density at radius 1 is 0.969 bits per heavy atom. The number of carbonyl (C=O) groups is 5. The van der Waals surface area contributed by atoms with Crippen molar-refractivity contribution in [3.05, 3.63) is 146 Å². The van der Waals surface area contributed by atoms with Crippen LogP contribution in [0.3, 0.4) is 0 Å². The van der Waals surface area contributed by atoms with E-state index in [4.69, 9.17) is 11.3 Å². The summed E-state index contributed by atoms with van der Waals surface area (Å²) in [5.74, 6) is -0.560. The molecule has 2 aliphatic rings. The van der Waals surface area contributed by atoms with Gasteiger partial charge in [0, 0.05) is 19.5 Å². The minimum absolute atomic E-state index is 0.0584. The molecular weight excluding hydrogens is 861 g/mol. The molecular formula is C50H50N6O7S2. The van der Waals surface area contributed by atoms with Gasteiger partial charge < -0.3 is 25.4 Å². The van der Waals surface area contributed by atoms with Gasteiger partial charge in [-0.1, -0.05) is 81.4 Å². The molecule has 0 bridgehead atoms. The average Bonchev–Trinajstić information content (AvgIpc) is 3.96. The molecule has 0 radical (unpaired) electrons. The summed E-state index contributed by atoms with van der Waals surface area (Å²) in [6.07, 6.45) is 0.662. The SMILES string of the molecule is [C-]#[N+]c1ccc(Oc2ccc(/C=C3\SC(=O)N(Cc4ccccc4CC(=O)N[C@H](C(=O)N4C[C@H](O)C[C@H]4C(=O)NCc4ccc(-c5scnc5C)cc4)C(C)(C)C)C3=O)cc2C)c(C)c1. The Morgan fingerprint density at radius 2 is 1.66 bits per heavy atom. The molecule has 15 heteroatoms. The van der Waals surface area contributed by atoms with Crippen LogP contribution < -0.4 is 15.4 Å². The fourth-order valence-electron chi connectivity index (χ4n) is 7.82. The smallest absolute Gasteiger partial charge is 0.293 e. The van der Waals surface area contributed by atoms with Crippen molar-refractivity contribution < 1.29 is 33.8 Å². The molecule has 3 N–H and O–H groups in total. The standard InChI is InChI=1S/C50H50N6O7S2/c1-29-20-33(14-18-40(29)63-41-19-17-37(51-7)21-30(41)2)22-42-47(60)56(49(62)65-42)26-36-11-9-8-10-35(36)23-43(58)54-45(50(4,5)6)48(61)55-27-38(57)24-39(55)46(59)52-25-32-12-15-34(16-13-32)44-31(3)53-28-64-44/h8-22,28,38-39,45,57H,23-27H2,1-6H3,(H,52,59)(H,54,58)/b42-22-/t38-,39+,45-/m1/s1. The van der Waals surface area contributed by atoms with Crippen molar-refractivity contribution in [2.45, 2.75) is 85.7 Å². The molecule has 3 heterocycles. The number of nitrogens with one attached hydrogen (secondary N) is 2. The van der Waals surface area contributed by atoms with Crippen LogP contribution in [0, 0.1) is 32.8 Å². The zero-order valence-corrected chi connectivity index (χ0v) is 38.6. The topological polar surface area (TPSA) is 163 Å². The van der Waals surface area contributed by atoms with Gasteiger partial charge in [0.05, 0.1) is 46.6 Å². The second-order valence-corrected chi connectivity index (χ2v) is 19.2. The molecule has 0 unspecified atom stereocenters. The number of carbonyl (C=O) groups excluding carboxylic acids is 5. The molecule has 7 rings (SSSR count). The molecule has 5 aromatic rings. The van der Waals surface area contributed by atoms with Crippen LogP contribution in [0.25, 0.3) is 21.4 Å². The Bertz CT molecular complexity index is 2730. The molecule has 2 aliphatic heterocycles. The molecule has 0 saturated carbocycles. The third-order valence-corrected chi connectivity index (χ3v) is 13.3. The molecule has 5 amide bonds. The number of ether oxygens (including phenoxy) is 1. The van der Waals surface area contributed by atoms with Gasteiger partial charge >= 0.3 is 0 Å². The van der Waals surface area contributed by atoms with E-state index in [1.54, 1.807) is 77.5 Å². The van der Waals surface area contributed by atoms with Gasteiger partial charge in [0.1, 0.15) is 23.6 Å². The summed E-state index contributed by atoms with van der Waals surface area (Å²) in [5, 5.41) is 16.1. The summed E-state index contributed by atoms with van der Waals surface area (Å²) in [7, 11) is 0. The third-order valence-electron chi connectivity index (χ3n) is 11.4. The summed E-state index contributed by atoms with van der Waals surface area (Å²) in [4.78, 5) is 80.2. The Kier molecular flexibility index (Phi) is 14.0. The second-order valence-electron chi connectivity index (χ2n) is 17.3. The van der Waals surface area contributed by atoms with Gasteiger partial charge in [0.25, 0.3) is 11.1 Å². The quantitative estimate of drug-likeness (QED) is 0.0776. The number of rotatable bonds is 13. The molecule has 0 aliphatic carbocycles. The van der Waals surface area contributed by atoms with Crippen LogP contribution in [-0.2, 0) is 38.7 Å². The Balaban J connectivity index is 0.981. The van der Waals surface area contributed by atoms with Gasteiger partial charge in [-0.3, -0.25) is 28.9 Å². The van der Waals surface area contributed by atoms with Crippen LogP contribution in [0.5, 0.6) is 11.5 Å². The number of aromatic nitrogens is 1. The summed E-state index contributed by atoms with van der Waals surface area (Å²) in [5.41, 5.74) is 7.93.